The van der Waals surface area contributed by atoms with Gasteiger partial charge in [-0.15, -0.1) is 0 Å². The molecule has 0 amide bonds. The molecule has 7 heteroatoms. The van der Waals surface area contributed by atoms with Gasteiger partial charge in [-0.2, -0.15) is 0 Å². The van der Waals surface area contributed by atoms with Crippen LogP contribution in [0.25, 0.3) is 11.0 Å². The molecule has 5 fully saturated rings. The number of nitrogens with zero attached hydrogens (tertiary/aromatic N) is 5. The van der Waals surface area contributed by atoms with Crippen LogP contribution in [0.5, 0.6) is 0 Å². The molecule has 3 saturated heterocycles. The van der Waals surface area contributed by atoms with Gasteiger partial charge < -0.3 is 14.2 Å². The molecular formula is C34H51N5O2. The van der Waals surface area contributed by atoms with E-state index in [0.29, 0.717) is 12.6 Å². The number of carbonyl (C=O) groups is 1. The van der Waals surface area contributed by atoms with Crippen LogP contribution in [-0.2, 0) is 9.53 Å². The molecule has 7 nitrogen and oxygen atoms in total. The van der Waals surface area contributed by atoms with Crippen LogP contribution in [0.15, 0.2) is 24.3 Å². The van der Waals surface area contributed by atoms with Crippen LogP contribution in [-0.4, -0.2) is 81.8 Å². The first-order valence-corrected chi connectivity index (χ1v) is 16.7. The van der Waals surface area contributed by atoms with Crippen molar-refractivity contribution in [2.45, 2.75) is 121 Å². The number of hydrogen-bond acceptors (Lipinski definition) is 6. The Morgan fingerprint density at radius 3 is 2.17 bits per heavy atom. The van der Waals surface area contributed by atoms with Crippen molar-refractivity contribution in [1.29, 1.82) is 0 Å². The van der Waals surface area contributed by atoms with Gasteiger partial charge in [-0.05, 0) is 89.7 Å². The van der Waals surface area contributed by atoms with E-state index in [4.69, 9.17) is 9.72 Å². The molecule has 1 aromatic heterocycles. The molecular weight excluding hydrogens is 510 g/mol. The van der Waals surface area contributed by atoms with E-state index in [0.717, 1.165) is 67.6 Å². The second-order valence-electron chi connectivity index (χ2n) is 15.0. The van der Waals surface area contributed by atoms with Crippen molar-refractivity contribution in [2.75, 3.05) is 37.6 Å². The van der Waals surface area contributed by atoms with Gasteiger partial charge in [-0.3, -0.25) is 14.6 Å². The quantitative estimate of drug-likeness (QED) is 0.416. The third-order valence-corrected chi connectivity index (χ3v) is 10.9. The fourth-order valence-corrected chi connectivity index (χ4v) is 9.41. The number of ether oxygens (including phenoxy) is 1. The van der Waals surface area contributed by atoms with Crippen LogP contribution in [0.4, 0.5) is 5.95 Å². The number of anilines is 1. The van der Waals surface area contributed by atoms with E-state index in [1.54, 1.807) is 0 Å². The third kappa shape index (κ3) is 5.78. The number of para-hydroxylation sites is 2. The molecule has 0 radical (unpaired) electrons. The molecule has 0 spiro atoms. The predicted molar refractivity (Wildman–Crippen MR) is 164 cm³/mol. The van der Waals surface area contributed by atoms with Crippen LogP contribution in [0.3, 0.4) is 0 Å². The highest BCUT2D eigenvalue weighted by atomic mass is 16.6. The van der Waals surface area contributed by atoms with E-state index in [9.17, 15) is 4.79 Å². The van der Waals surface area contributed by atoms with Crippen molar-refractivity contribution < 1.29 is 9.53 Å². The summed E-state index contributed by atoms with van der Waals surface area (Å²) in [6.45, 7) is 9.68. The van der Waals surface area contributed by atoms with Gasteiger partial charge >= 0.3 is 5.97 Å². The lowest BCUT2D eigenvalue weighted by molar-refractivity contribution is -0.156. The van der Waals surface area contributed by atoms with Gasteiger partial charge in [0.05, 0.1) is 17.6 Å². The highest BCUT2D eigenvalue weighted by Gasteiger charge is 2.45. The van der Waals surface area contributed by atoms with Crippen molar-refractivity contribution in [1.82, 2.24) is 19.4 Å². The number of esters is 1. The Labute approximate surface area is 246 Å². The molecule has 224 valence electrons. The van der Waals surface area contributed by atoms with Gasteiger partial charge in [0.25, 0.3) is 0 Å². The standard InChI is InChI=1S/C34H51N5O2/c1-34(2,3)41-32(40)23-36-14-16-37(17-15-36)33-35-30-12-4-5-13-31(30)39(33)29-21-26-10-7-11-27(22-29)38(26)28-19-24-8-6-9-25(18-24)20-28/h4-5,12-13,24-29H,6-11,14-23H2,1-3H3/t24-,25+,26-,27+,28+,29+. The van der Waals surface area contributed by atoms with Crippen LogP contribution in [0.2, 0.25) is 0 Å². The highest BCUT2D eigenvalue weighted by molar-refractivity contribution is 5.79. The normalized spacial score (nSPS) is 33.2. The summed E-state index contributed by atoms with van der Waals surface area (Å²) >= 11 is 0. The molecule has 2 saturated carbocycles. The van der Waals surface area contributed by atoms with E-state index in [1.165, 1.54) is 76.1 Å². The van der Waals surface area contributed by atoms with E-state index < -0.39 is 5.60 Å². The van der Waals surface area contributed by atoms with E-state index in [-0.39, 0.29) is 5.97 Å². The molecule has 3 aliphatic heterocycles. The van der Waals surface area contributed by atoms with Gasteiger partial charge in [-0.1, -0.05) is 37.8 Å². The topological polar surface area (TPSA) is 53.8 Å². The van der Waals surface area contributed by atoms with Gasteiger partial charge in [0.15, 0.2) is 0 Å². The summed E-state index contributed by atoms with van der Waals surface area (Å²) in [5.41, 5.74) is 1.97. The largest absolute Gasteiger partial charge is 0.459 e. The minimum atomic E-state index is -0.437. The van der Waals surface area contributed by atoms with Crippen LogP contribution < -0.4 is 4.90 Å². The minimum absolute atomic E-state index is 0.127. The monoisotopic (exact) mass is 561 g/mol. The van der Waals surface area contributed by atoms with Crippen molar-refractivity contribution in [3.63, 3.8) is 0 Å². The molecule has 5 aliphatic rings. The predicted octanol–water partition coefficient (Wildman–Crippen LogP) is 6.03. The maximum atomic E-state index is 12.5. The summed E-state index contributed by atoms with van der Waals surface area (Å²) in [6, 6.07) is 11.5. The van der Waals surface area contributed by atoms with Crippen molar-refractivity contribution in [3.8, 4) is 0 Å². The summed E-state index contributed by atoms with van der Waals surface area (Å²) in [5, 5.41) is 0. The first-order chi connectivity index (χ1) is 19.8. The molecule has 7 rings (SSSR count). The molecule has 6 atom stereocenters. The summed E-state index contributed by atoms with van der Waals surface area (Å²) in [5.74, 6) is 3.00. The van der Waals surface area contributed by atoms with Crippen molar-refractivity contribution in [3.05, 3.63) is 24.3 Å². The molecule has 4 heterocycles. The smallest absolute Gasteiger partial charge is 0.320 e. The fraction of sp³-hybridized carbons (Fsp3) is 0.765. The number of rotatable bonds is 5. The Bertz CT molecular complexity index is 1200. The Morgan fingerprint density at radius 1 is 0.829 bits per heavy atom. The lowest BCUT2D eigenvalue weighted by atomic mass is 9.68. The Hall–Kier alpha value is -2.12. The molecule has 2 aliphatic carbocycles. The van der Waals surface area contributed by atoms with Crippen LogP contribution in [0, 0.1) is 11.8 Å². The number of piperidine rings is 2. The fourth-order valence-electron chi connectivity index (χ4n) is 9.41. The Balaban J connectivity index is 1.09. The van der Waals surface area contributed by atoms with E-state index >= 15 is 0 Å². The zero-order valence-electron chi connectivity index (χ0n) is 25.6. The Kier molecular flexibility index (Phi) is 7.55. The number of carbonyl (C=O) groups excluding carboxylic acids is 1. The molecule has 0 unspecified atom stereocenters. The third-order valence-electron chi connectivity index (χ3n) is 10.9. The van der Waals surface area contributed by atoms with Gasteiger partial charge in [-0.25, -0.2) is 4.98 Å². The SMILES string of the molecule is CC(C)(C)OC(=O)CN1CCN(c2nc3ccccc3n2[C@H]2C[C@H]3CCC[C@@H](C2)N3[C@H]2C[C@@H]3CCC[C@@H](C3)C2)CC1. The van der Waals surface area contributed by atoms with Crippen molar-refractivity contribution >= 4 is 23.0 Å². The number of hydrogen-bond donors (Lipinski definition) is 0. The first kappa shape index (κ1) is 27.7. The van der Waals surface area contributed by atoms with Gasteiger partial charge in [0, 0.05) is 50.3 Å². The second kappa shape index (κ2) is 11.2. The number of benzene rings is 1. The lowest BCUT2D eigenvalue weighted by Crippen LogP contribution is -2.58. The van der Waals surface area contributed by atoms with Crippen LogP contribution in [0.1, 0.15) is 97.4 Å². The van der Waals surface area contributed by atoms with Crippen molar-refractivity contribution in [2.24, 2.45) is 11.8 Å². The summed E-state index contributed by atoms with van der Waals surface area (Å²) in [7, 11) is 0. The maximum Gasteiger partial charge on any atom is 0.320 e. The molecule has 1 aromatic carbocycles. The average molecular weight is 562 g/mol. The summed E-state index contributed by atoms with van der Waals surface area (Å²) < 4.78 is 8.22. The maximum absolute atomic E-state index is 12.5. The highest BCUT2D eigenvalue weighted by Crippen LogP contribution is 2.48. The van der Waals surface area contributed by atoms with E-state index in [2.05, 4.69) is 43.5 Å². The number of piperazine rings is 1. The number of imidazole rings is 1. The Morgan fingerprint density at radius 2 is 1.49 bits per heavy atom. The number of fused-ring (bicyclic) bond motifs is 5. The average Bonchev–Trinajstić information content (AvgIpc) is 3.31. The van der Waals surface area contributed by atoms with Gasteiger partial charge in [0.2, 0.25) is 5.95 Å². The molecule has 0 N–H and O–H groups in total. The van der Waals surface area contributed by atoms with E-state index in [1.807, 2.05) is 20.8 Å². The molecule has 2 aromatic rings. The first-order valence-electron chi connectivity index (χ1n) is 16.7. The lowest BCUT2D eigenvalue weighted by Gasteiger charge is -2.55. The molecule has 4 bridgehead atoms. The zero-order valence-corrected chi connectivity index (χ0v) is 25.6. The van der Waals surface area contributed by atoms with Crippen LogP contribution >= 0.6 is 0 Å². The molecule has 41 heavy (non-hydrogen) atoms. The summed E-state index contributed by atoms with van der Waals surface area (Å²) in [4.78, 5) is 25.5. The number of aromatic nitrogens is 2. The van der Waals surface area contributed by atoms with Gasteiger partial charge in [0.1, 0.15) is 5.60 Å². The summed E-state index contributed by atoms with van der Waals surface area (Å²) in [6.07, 6.45) is 15.5. The zero-order chi connectivity index (χ0) is 28.1. The minimum Gasteiger partial charge on any atom is -0.459 e. The second-order valence-corrected chi connectivity index (χ2v) is 15.0.